The van der Waals surface area contributed by atoms with E-state index in [1.165, 1.54) is 3.97 Å². The van der Waals surface area contributed by atoms with Gasteiger partial charge in [-0.2, -0.15) is 0 Å². The van der Waals surface area contributed by atoms with Crippen molar-refractivity contribution in [3.05, 3.63) is 66.5 Å². The van der Waals surface area contributed by atoms with Crippen molar-refractivity contribution in [3.63, 3.8) is 0 Å². The van der Waals surface area contributed by atoms with Gasteiger partial charge in [0, 0.05) is 18.9 Å². The Labute approximate surface area is 142 Å². The number of nitrogens with zero attached hydrogens (tertiary/aromatic N) is 1. The largest absolute Gasteiger partial charge is 0.316 e. The summed E-state index contributed by atoms with van der Waals surface area (Å²) in [5, 5.41) is 5.35. The Morgan fingerprint density at radius 1 is 1.04 bits per heavy atom. The van der Waals surface area contributed by atoms with E-state index in [1.54, 1.807) is 24.5 Å². The van der Waals surface area contributed by atoms with Crippen LogP contribution < -0.4 is 5.32 Å². The third-order valence-electron chi connectivity index (χ3n) is 4.75. The number of aromatic nitrogens is 1. The van der Waals surface area contributed by atoms with Crippen LogP contribution in [-0.4, -0.2) is 25.5 Å². The minimum atomic E-state index is -3.55. The van der Waals surface area contributed by atoms with Gasteiger partial charge in [0.25, 0.3) is 10.0 Å². The number of benzene rings is 2. The molecule has 5 heteroatoms. The van der Waals surface area contributed by atoms with E-state index in [0.717, 1.165) is 42.3 Å². The van der Waals surface area contributed by atoms with Crippen molar-refractivity contribution in [1.82, 2.24) is 9.29 Å². The molecule has 4 nitrogen and oxygen atoms in total. The molecule has 24 heavy (non-hydrogen) atoms. The molecule has 0 radical (unpaired) electrons. The fraction of sp³-hybridized carbons (Fsp3) is 0.263. The summed E-state index contributed by atoms with van der Waals surface area (Å²) in [5.41, 5.74) is 1.09. The summed E-state index contributed by atoms with van der Waals surface area (Å²) in [5.74, 6) is 0.395. The molecule has 3 aromatic rings. The predicted octanol–water partition coefficient (Wildman–Crippen LogP) is 3.35. The SMILES string of the molecule is O=S(=O)(c1ccc2ccccc2c1)n1ccc(C2CCCNC2)c1. The van der Waals surface area contributed by atoms with Crippen LogP contribution >= 0.6 is 0 Å². The van der Waals surface area contributed by atoms with Crippen molar-refractivity contribution in [2.24, 2.45) is 0 Å². The van der Waals surface area contributed by atoms with Gasteiger partial charge in [0.15, 0.2) is 0 Å². The highest BCUT2D eigenvalue weighted by Gasteiger charge is 2.21. The standard InChI is InChI=1S/C19H20N2O2S/c22-24(23,19-8-7-15-4-1-2-5-16(15)12-19)21-11-9-18(14-21)17-6-3-10-20-13-17/h1-2,4-5,7-9,11-12,14,17,20H,3,6,10,13H2. The molecule has 0 spiro atoms. The minimum Gasteiger partial charge on any atom is -0.316 e. The molecule has 2 aromatic carbocycles. The Morgan fingerprint density at radius 2 is 1.88 bits per heavy atom. The van der Waals surface area contributed by atoms with Crippen LogP contribution in [0.2, 0.25) is 0 Å². The predicted molar refractivity (Wildman–Crippen MR) is 95.8 cm³/mol. The highest BCUT2D eigenvalue weighted by molar-refractivity contribution is 7.90. The fourth-order valence-corrected chi connectivity index (χ4v) is 4.61. The van der Waals surface area contributed by atoms with Gasteiger partial charge in [-0.1, -0.05) is 30.3 Å². The van der Waals surface area contributed by atoms with Crippen LogP contribution in [0.15, 0.2) is 65.8 Å². The maximum Gasteiger partial charge on any atom is 0.267 e. The zero-order chi connectivity index (χ0) is 16.6. The molecule has 1 aliphatic heterocycles. The van der Waals surface area contributed by atoms with Gasteiger partial charge in [-0.3, -0.25) is 0 Å². The summed E-state index contributed by atoms with van der Waals surface area (Å²) in [6, 6.07) is 15.0. The first-order valence-electron chi connectivity index (χ1n) is 8.27. The molecule has 124 valence electrons. The number of hydrogen-bond acceptors (Lipinski definition) is 3. The van der Waals surface area contributed by atoms with Crippen LogP contribution in [0.1, 0.15) is 24.3 Å². The van der Waals surface area contributed by atoms with Crippen molar-refractivity contribution in [1.29, 1.82) is 0 Å². The van der Waals surface area contributed by atoms with Gasteiger partial charge in [-0.15, -0.1) is 0 Å². The molecule has 0 amide bonds. The molecule has 1 fully saturated rings. The van der Waals surface area contributed by atoms with Crippen molar-refractivity contribution in [3.8, 4) is 0 Å². The average Bonchev–Trinajstić information content (AvgIpc) is 3.13. The van der Waals surface area contributed by atoms with Crippen molar-refractivity contribution in [2.45, 2.75) is 23.7 Å². The van der Waals surface area contributed by atoms with Crippen molar-refractivity contribution < 1.29 is 8.42 Å². The molecule has 0 saturated carbocycles. The van der Waals surface area contributed by atoms with Crippen LogP contribution in [0.4, 0.5) is 0 Å². The van der Waals surface area contributed by atoms with E-state index in [-0.39, 0.29) is 0 Å². The molecule has 0 aliphatic carbocycles. The summed E-state index contributed by atoms with van der Waals surface area (Å²) in [6.45, 7) is 1.96. The van der Waals surface area contributed by atoms with Crippen LogP contribution in [0.5, 0.6) is 0 Å². The average molecular weight is 340 g/mol. The molecular formula is C19H20N2O2S. The molecule has 1 unspecified atom stereocenters. The molecule has 4 rings (SSSR count). The molecule has 1 aliphatic rings. The van der Waals surface area contributed by atoms with Gasteiger partial charge in [0.2, 0.25) is 0 Å². The van der Waals surface area contributed by atoms with E-state index in [4.69, 9.17) is 0 Å². The van der Waals surface area contributed by atoms with Gasteiger partial charge in [-0.05, 0) is 59.8 Å². The summed E-state index contributed by atoms with van der Waals surface area (Å²) in [7, 11) is -3.55. The zero-order valence-corrected chi connectivity index (χ0v) is 14.2. The number of fused-ring (bicyclic) bond motifs is 1. The Balaban J connectivity index is 1.69. The van der Waals surface area contributed by atoms with Crippen molar-refractivity contribution in [2.75, 3.05) is 13.1 Å². The lowest BCUT2D eigenvalue weighted by atomic mass is 9.94. The summed E-state index contributed by atoms with van der Waals surface area (Å²) in [6.07, 6.45) is 5.66. The second-order valence-electron chi connectivity index (χ2n) is 6.33. The number of piperidine rings is 1. The number of hydrogen-bond donors (Lipinski definition) is 1. The first-order chi connectivity index (χ1) is 11.6. The maximum absolute atomic E-state index is 12.9. The minimum absolute atomic E-state index is 0.324. The summed E-state index contributed by atoms with van der Waals surface area (Å²) in [4.78, 5) is 0.324. The maximum atomic E-state index is 12.9. The Bertz CT molecular complexity index is 970. The topological polar surface area (TPSA) is 51.1 Å². The van der Waals surface area contributed by atoms with Gasteiger partial charge in [0.05, 0.1) is 4.90 Å². The Kier molecular flexibility index (Phi) is 3.90. The second-order valence-corrected chi connectivity index (χ2v) is 8.18. The smallest absolute Gasteiger partial charge is 0.267 e. The molecule has 1 atom stereocenters. The quantitative estimate of drug-likeness (QED) is 0.795. The lowest BCUT2D eigenvalue weighted by Gasteiger charge is -2.21. The molecule has 1 aromatic heterocycles. The molecule has 0 bridgehead atoms. The highest BCUT2D eigenvalue weighted by atomic mass is 32.2. The van der Waals surface area contributed by atoms with E-state index >= 15 is 0 Å². The number of nitrogens with one attached hydrogen (secondary N) is 1. The molecule has 2 heterocycles. The summed E-state index contributed by atoms with van der Waals surface area (Å²) >= 11 is 0. The van der Waals surface area contributed by atoms with Crippen LogP contribution in [-0.2, 0) is 10.0 Å². The first kappa shape index (κ1) is 15.4. The normalized spacial score (nSPS) is 18.8. The first-order valence-corrected chi connectivity index (χ1v) is 9.71. The van der Waals surface area contributed by atoms with E-state index in [2.05, 4.69) is 5.32 Å². The van der Waals surface area contributed by atoms with E-state index in [9.17, 15) is 8.42 Å². The van der Waals surface area contributed by atoms with Gasteiger partial charge in [0.1, 0.15) is 0 Å². The lowest BCUT2D eigenvalue weighted by molar-refractivity contribution is 0.462. The molecular weight excluding hydrogens is 320 g/mol. The third-order valence-corrected chi connectivity index (χ3v) is 6.39. The van der Waals surface area contributed by atoms with Gasteiger partial charge in [-0.25, -0.2) is 12.4 Å². The van der Waals surface area contributed by atoms with E-state index < -0.39 is 10.0 Å². The lowest BCUT2D eigenvalue weighted by Crippen LogP contribution is -2.28. The Hall–Kier alpha value is -2.11. The van der Waals surface area contributed by atoms with E-state index in [1.807, 2.05) is 36.4 Å². The van der Waals surface area contributed by atoms with Gasteiger partial charge < -0.3 is 5.32 Å². The van der Waals surface area contributed by atoms with Crippen LogP contribution in [0.25, 0.3) is 10.8 Å². The molecule has 1 N–H and O–H groups in total. The number of rotatable bonds is 3. The Morgan fingerprint density at radius 3 is 2.67 bits per heavy atom. The van der Waals surface area contributed by atoms with Crippen molar-refractivity contribution >= 4 is 20.8 Å². The van der Waals surface area contributed by atoms with Crippen LogP contribution in [0, 0.1) is 0 Å². The third kappa shape index (κ3) is 2.74. The highest BCUT2D eigenvalue weighted by Crippen LogP contribution is 2.26. The summed E-state index contributed by atoms with van der Waals surface area (Å²) < 4.78 is 27.2. The van der Waals surface area contributed by atoms with E-state index in [0.29, 0.717) is 10.8 Å². The van der Waals surface area contributed by atoms with Gasteiger partial charge >= 0.3 is 0 Å². The monoisotopic (exact) mass is 340 g/mol. The zero-order valence-electron chi connectivity index (χ0n) is 13.4. The van der Waals surface area contributed by atoms with Crippen LogP contribution in [0.3, 0.4) is 0 Å². The fourth-order valence-electron chi connectivity index (χ4n) is 3.37. The second kappa shape index (κ2) is 6.07. The molecule has 1 saturated heterocycles.